The van der Waals surface area contributed by atoms with Crippen molar-refractivity contribution < 1.29 is 9.90 Å². The first-order valence-electron chi connectivity index (χ1n) is 7.47. The molecule has 0 aliphatic rings. The predicted molar refractivity (Wildman–Crippen MR) is 83.9 cm³/mol. The molecule has 0 fully saturated rings. The summed E-state index contributed by atoms with van der Waals surface area (Å²) >= 11 is 0. The number of hydrogen-bond donors (Lipinski definition) is 1. The standard InChI is InChI=1S/C17H24N2O2/c1-4-14(3)13-19(5-2)17(21)16-9-10-18-12-15(16)8-6-7-11-20/h9-10,12,14,20H,4-5,7,11,13H2,1-3H3. The molecule has 0 aliphatic heterocycles. The van der Waals surface area contributed by atoms with Gasteiger partial charge in [-0.25, -0.2) is 0 Å². The second kappa shape index (κ2) is 9.15. The fourth-order valence-electron chi connectivity index (χ4n) is 1.93. The van der Waals surface area contributed by atoms with Crippen LogP contribution >= 0.6 is 0 Å². The van der Waals surface area contributed by atoms with Crippen molar-refractivity contribution in [2.75, 3.05) is 19.7 Å². The van der Waals surface area contributed by atoms with Gasteiger partial charge in [-0.15, -0.1) is 0 Å². The minimum Gasteiger partial charge on any atom is -0.395 e. The van der Waals surface area contributed by atoms with E-state index >= 15 is 0 Å². The second-order valence-corrected chi connectivity index (χ2v) is 5.05. The smallest absolute Gasteiger partial charge is 0.255 e. The molecule has 4 heteroatoms. The lowest BCUT2D eigenvalue weighted by Crippen LogP contribution is -2.35. The van der Waals surface area contributed by atoms with Crippen LogP contribution in [0, 0.1) is 17.8 Å². The molecular formula is C17H24N2O2. The average Bonchev–Trinajstić information content (AvgIpc) is 2.52. The first-order chi connectivity index (χ1) is 10.1. The van der Waals surface area contributed by atoms with Gasteiger partial charge in [0.05, 0.1) is 17.7 Å². The highest BCUT2D eigenvalue weighted by atomic mass is 16.2. The van der Waals surface area contributed by atoms with E-state index in [2.05, 4.69) is 30.7 Å². The Bertz CT molecular complexity index is 517. The van der Waals surface area contributed by atoms with E-state index < -0.39 is 0 Å². The van der Waals surface area contributed by atoms with Crippen LogP contribution in [-0.2, 0) is 0 Å². The summed E-state index contributed by atoms with van der Waals surface area (Å²) in [5, 5.41) is 8.78. The summed E-state index contributed by atoms with van der Waals surface area (Å²) in [4.78, 5) is 18.5. The molecule has 0 radical (unpaired) electrons. The van der Waals surface area contributed by atoms with E-state index in [0.717, 1.165) is 13.0 Å². The minimum absolute atomic E-state index is 0.00602. The van der Waals surface area contributed by atoms with Gasteiger partial charge in [-0.05, 0) is 18.9 Å². The fourth-order valence-corrected chi connectivity index (χ4v) is 1.93. The molecule has 0 aromatic carbocycles. The Morgan fingerprint density at radius 3 is 2.86 bits per heavy atom. The maximum atomic E-state index is 12.7. The number of hydrogen-bond acceptors (Lipinski definition) is 3. The number of amides is 1. The number of carbonyl (C=O) groups is 1. The van der Waals surface area contributed by atoms with Crippen molar-refractivity contribution in [2.45, 2.75) is 33.6 Å². The molecule has 0 aliphatic carbocycles. The summed E-state index contributed by atoms with van der Waals surface area (Å²) in [6, 6.07) is 1.71. The molecule has 1 unspecified atom stereocenters. The zero-order valence-corrected chi connectivity index (χ0v) is 13.1. The van der Waals surface area contributed by atoms with Crippen LogP contribution in [0.1, 0.15) is 49.5 Å². The van der Waals surface area contributed by atoms with E-state index in [-0.39, 0.29) is 12.5 Å². The van der Waals surface area contributed by atoms with Gasteiger partial charge in [-0.2, -0.15) is 0 Å². The van der Waals surface area contributed by atoms with E-state index in [1.807, 2.05) is 11.8 Å². The molecule has 0 saturated heterocycles. The van der Waals surface area contributed by atoms with Crippen LogP contribution in [-0.4, -0.2) is 40.6 Å². The number of aliphatic hydroxyl groups excluding tert-OH is 1. The highest BCUT2D eigenvalue weighted by Crippen LogP contribution is 2.12. The van der Waals surface area contributed by atoms with Gasteiger partial charge < -0.3 is 10.0 Å². The number of nitrogens with zero attached hydrogens (tertiary/aromatic N) is 2. The molecule has 21 heavy (non-hydrogen) atoms. The van der Waals surface area contributed by atoms with Gasteiger partial charge in [0.2, 0.25) is 0 Å². The number of aliphatic hydroxyl groups is 1. The third-order valence-corrected chi connectivity index (χ3v) is 3.41. The summed E-state index contributed by atoms with van der Waals surface area (Å²) in [6.07, 6.45) is 4.66. The van der Waals surface area contributed by atoms with Crippen molar-refractivity contribution in [1.82, 2.24) is 9.88 Å². The SMILES string of the molecule is CCC(C)CN(CC)C(=O)c1ccncc1C#CCCO. The van der Waals surface area contributed by atoms with Gasteiger partial charge in [0.1, 0.15) is 0 Å². The third-order valence-electron chi connectivity index (χ3n) is 3.41. The molecule has 114 valence electrons. The molecule has 1 heterocycles. The third kappa shape index (κ3) is 5.20. The summed E-state index contributed by atoms with van der Waals surface area (Å²) < 4.78 is 0. The molecule has 1 aromatic rings. The van der Waals surface area contributed by atoms with Crippen molar-refractivity contribution in [3.05, 3.63) is 29.6 Å². The predicted octanol–water partition coefficient (Wildman–Crippen LogP) is 2.32. The van der Waals surface area contributed by atoms with Crippen molar-refractivity contribution in [1.29, 1.82) is 0 Å². The van der Waals surface area contributed by atoms with E-state index in [9.17, 15) is 4.79 Å². The summed E-state index contributed by atoms with van der Waals surface area (Å²) in [5.41, 5.74) is 1.21. The Balaban J connectivity index is 2.98. The molecule has 0 spiro atoms. The number of carbonyl (C=O) groups excluding carboxylic acids is 1. The van der Waals surface area contributed by atoms with Gasteiger partial charge in [0, 0.05) is 31.9 Å². The van der Waals surface area contributed by atoms with Gasteiger partial charge in [-0.3, -0.25) is 9.78 Å². The molecule has 1 aromatic heterocycles. The van der Waals surface area contributed by atoms with Crippen LogP contribution in [0.15, 0.2) is 18.5 Å². The molecular weight excluding hydrogens is 264 g/mol. The van der Waals surface area contributed by atoms with Crippen molar-refractivity contribution in [2.24, 2.45) is 5.92 Å². The lowest BCUT2D eigenvalue weighted by atomic mass is 10.1. The molecule has 4 nitrogen and oxygen atoms in total. The maximum absolute atomic E-state index is 12.7. The summed E-state index contributed by atoms with van der Waals surface area (Å²) in [6.45, 7) is 7.70. The van der Waals surface area contributed by atoms with Gasteiger partial charge in [0.25, 0.3) is 5.91 Å². The van der Waals surface area contributed by atoms with Crippen molar-refractivity contribution >= 4 is 5.91 Å². The van der Waals surface area contributed by atoms with Crippen molar-refractivity contribution in [3.8, 4) is 11.8 Å². The molecule has 1 N–H and O–H groups in total. The van der Waals surface area contributed by atoms with Crippen LogP contribution in [0.2, 0.25) is 0 Å². The molecule has 0 saturated carbocycles. The van der Waals surface area contributed by atoms with Crippen LogP contribution in [0.5, 0.6) is 0 Å². The topological polar surface area (TPSA) is 53.4 Å². The Morgan fingerprint density at radius 2 is 2.24 bits per heavy atom. The van der Waals surface area contributed by atoms with E-state index in [0.29, 0.717) is 30.0 Å². The van der Waals surface area contributed by atoms with E-state index in [1.54, 1.807) is 18.5 Å². The molecule has 1 atom stereocenters. The lowest BCUT2D eigenvalue weighted by molar-refractivity contribution is 0.0740. The molecule has 0 bridgehead atoms. The van der Waals surface area contributed by atoms with Gasteiger partial charge in [0.15, 0.2) is 0 Å². The Kier molecular flexibility index (Phi) is 7.49. The number of aromatic nitrogens is 1. The van der Waals surface area contributed by atoms with E-state index in [4.69, 9.17) is 5.11 Å². The maximum Gasteiger partial charge on any atom is 0.255 e. The summed E-state index contributed by atoms with van der Waals surface area (Å²) in [7, 11) is 0. The molecule has 1 amide bonds. The zero-order chi connectivity index (χ0) is 15.7. The molecule has 1 rings (SSSR count). The van der Waals surface area contributed by atoms with Crippen LogP contribution in [0.4, 0.5) is 0 Å². The largest absolute Gasteiger partial charge is 0.395 e. The highest BCUT2D eigenvalue weighted by molar-refractivity contribution is 5.96. The Morgan fingerprint density at radius 1 is 1.48 bits per heavy atom. The average molecular weight is 288 g/mol. The second-order valence-electron chi connectivity index (χ2n) is 5.05. The first-order valence-corrected chi connectivity index (χ1v) is 7.47. The van der Waals surface area contributed by atoms with Crippen LogP contribution in [0.25, 0.3) is 0 Å². The lowest BCUT2D eigenvalue weighted by Gasteiger charge is -2.24. The monoisotopic (exact) mass is 288 g/mol. The first kappa shape index (κ1) is 17.2. The Labute approximate surface area is 127 Å². The fraction of sp³-hybridized carbons (Fsp3) is 0.529. The number of pyridine rings is 1. The Hall–Kier alpha value is -1.86. The van der Waals surface area contributed by atoms with Crippen molar-refractivity contribution in [3.63, 3.8) is 0 Å². The quantitative estimate of drug-likeness (QED) is 0.817. The van der Waals surface area contributed by atoms with Gasteiger partial charge >= 0.3 is 0 Å². The zero-order valence-electron chi connectivity index (χ0n) is 13.1. The number of rotatable bonds is 6. The van der Waals surface area contributed by atoms with E-state index in [1.165, 1.54) is 0 Å². The summed E-state index contributed by atoms with van der Waals surface area (Å²) in [5.74, 6) is 6.23. The van der Waals surface area contributed by atoms with Gasteiger partial charge in [-0.1, -0.05) is 32.1 Å². The minimum atomic E-state index is -0.00602. The van der Waals surface area contributed by atoms with Crippen LogP contribution < -0.4 is 0 Å². The highest BCUT2D eigenvalue weighted by Gasteiger charge is 2.18. The van der Waals surface area contributed by atoms with Crippen LogP contribution in [0.3, 0.4) is 0 Å². The normalized spacial score (nSPS) is 11.4.